The van der Waals surface area contributed by atoms with Crippen LogP contribution in [0.2, 0.25) is 0 Å². The molecule has 0 aliphatic heterocycles. The number of alkyl halides is 1. The molecule has 1 rings (SSSR count). The van der Waals surface area contributed by atoms with Crippen LogP contribution in [0.5, 0.6) is 0 Å². The quantitative estimate of drug-likeness (QED) is 0.850. The summed E-state index contributed by atoms with van der Waals surface area (Å²) in [6.07, 6.45) is 0. The maximum Gasteiger partial charge on any atom is 0.251 e. The van der Waals surface area contributed by atoms with Gasteiger partial charge in [0.2, 0.25) is 0 Å². The molecule has 0 aliphatic carbocycles. The van der Waals surface area contributed by atoms with E-state index < -0.39 is 0 Å². The zero-order valence-corrected chi connectivity index (χ0v) is 12.5. The number of hydrogen-bond acceptors (Lipinski definition) is 1. The maximum absolute atomic E-state index is 11.8. The fourth-order valence-corrected chi connectivity index (χ4v) is 1.63. The fraction of sp³-hybridized carbons (Fsp3) is 0.500. The molecule has 2 nitrogen and oxygen atoms in total. The van der Waals surface area contributed by atoms with Crippen LogP contribution in [-0.4, -0.2) is 17.3 Å². The number of benzene rings is 1. The molecular weight excluding hydrogens is 278 g/mol. The number of carbonyl (C=O) groups is 1. The van der Waals surface area contributed by atoms with Crippen LogP contribution in [0.3, 0.4) is 0 Å². The predicted octanol–water partition coefficient (Wildman–Crippen LogP) is 3.50. The van der Waals surface area contributed by atoms with Crippen molar-refractivity contribution in [2.24, 2.45) is 0 Å². The van der Waals surface area contributed by atoms with E-state index in [1.165, 1.54) is 5.56 Å². The van der Waals surface area contributed by atoms with Gasteiger partial charge in [0.1, 0.15) is 0 Å². The summed E-state index contributed by atoms with van der Waals surface area (Å²) in [6.45, 7) is 8.45. The van der Waals surface area contributed by atoms with Crippen molar-refractivity contribution in [2.45, 2.75) is 39.2 Å². The Bertz CT molecular complexity index is 378. The normalized spacial score (nSPS) is 13.2. The van der Waals surface area contributed by atoms with Crippen LogP contribution in [-0.2, 0) is 5.41 Å². The zero-order chi connectivity index (χ0) is 13.1. The topological polar surface area (TPSA) is 29.1 Å². The van der Waals surface area contributed by atoms with Gasteiger partial charge in [0.25, 0.3) is 5.91 Å². The lowest BCUT2D eigenvalue weighted by molar-refractivity contribution is 0.0944. The molecule has 1 N–H and O–H groups in total. The molecule has 1 atom stereocenters. The van der Waals surface area contributed by atoms with Crippen LogP contribution in [0.1, 0.15) is 43.6 Å². The van der Waals surface area contributed by atoms with Gasteiger partial charge in [0.15, 0.2) is 0 Å². The van der Waals surface area contributed by atoms with E-state index in [9.17, 15) is 4.79 Å². The minimum absolute atomic E-state index is 0.0163. The minimum Gasteiger partial charge on any atom is -0.349 e. The molecular formula is C14H20BrNO. The van der Waals surface area contributed by atoms with Crippen molar-refractivity contribution in [2.75, 3.05) is 5.33 Å². The number of nitrogens with one attached hydrogen (secondary N) is 1. The molecule has 17 heavy (non-hydrogen) atoms. The summed E-state index contributed by atoms with van der Waals surface area (Å²) in [6, 6.07) is 7.96. The Morgan fingerprint density at radius 1 is 1.29 bits per heavy atom. The SMILES string of the molecule is CC(CBr)NC(=O)c1ccc(C(C)(C)C)cc1. The van der Waals surface area contributed by atoms with E-state index in [0.717, 1.165) is 5.33 Å². The summed E-state index contributed by atoms with van der Waals surface area (Å²) in [4.78, 5) is 11.8. The highest BCUT2D eigenvalue weighted by molar-refractivity contribution is 9.09. The first-order valence-corrected chi connectivity index (χ1v) is 6.94. The van der Waals surface area contributed by atoms with Crippen LogP contribution >= 0.6 is 15.9 Å². The Morgan fingerprint density at radius 2 is 1.82 bits per heavy atom. The summed E-state index contributed by atoms with van der Waals surface area (Å²) in [5.74, 6) is -0.0163. The molecule has 0 aromatic heterocycles. The number of rotatable bonds is 3. The van der Waals surface area contributed by atoms with E-state index in [4.69, 9.17) is 0 Å². The number of carbonyl (C=O) groups excluding carboxylic acids is 1. The van der Waals surface area contributed by atoms with Crippen LogP contribution in [0, 0.1) is 0 Å². The summed E-state index contributed by atoms with van der Waals surface area (Å²) in [5, 5.41) is 3.68. The largest absolute Gasteiger partial charge is 0.349 e. The second kappa shape index (κ2) is 5.67. The molecule has 0 heterocycles. The fourth-order valence-electron chi connectivity index (χ4n) is 1.47. The highest BCUT2D eigenvalue weighted by Gasteiger charge is 2.14. The van der Waals surface area contributed by atoms with E-state index in [1.807, 2.05) is 31.2 Å². The zero-order valence-electron chi connectivity index (χ0n) is 10.9. The third-order valence-corrected chi connectivity index (χ3v) is 3.59. The lowest BCUT2D eigenvalue weighted by Crippen LogP contribution is -2.33. The highest BCUT2D eigenvalue weighted by atomic mass is 79.9. The van der Waals surface area contributed by atoms with Gasteiger partial charge >= 0.3 is 0 Å². The van der Waals surface area contributed by atoms with Gasteiger partial charge in [-0.15, -0.1) is 0 Å². The molecule has 0 fully saturated rings. The van der Waals surface area contributed by atoms with E-state index in [-0.39, 0.29) is 17.4 Å². The first-order chi connectivity index (χ1) is 7.84. The van der Waals surface area contributed by atoms with E-state index in [1.54, 1.807) is 0 Å². The van der Waals surface area contributed by atoms with Crippen molar-refractivity contribution >= 4 is 21.8 Å². The Hall–Kier alpha value is -0.830. The number of halogens is 1. The summed E-state index contributed by atoms with van der Waals surface area (Å²) < 4.78 is 0. The van der Waals surface area contributed by atoms with Crippen LogP contribution in [0.25, 0.3) is 0 Å². The number of amides is 1. The summed E-state index contributed by atoms with van der Waals surface area (Å²) in [5.41, 5.74) is 2.08. The van der Waals surface area contributed by atoms with E-state index in [0.29, 0.717) is 5.56 Å². The van der Waals surface area contributed by atoms with Gasteiger partial charge in [-0.2, -0.15) is 0 Å². The molecule has 3 heteroatoms. The maximum atomic E-state index is 11.8. The Kier molecular flexibility index (Phi) is 4.75. The molecule has 0 radical (unpaired) electrons. The molecule has 1 unspecified atom stereocenters. The third kappa shape index (κ3) is 4.15. The van der Waals surface area contributed by atoms with Crippen molar-refractivity contribution in [1.29, 1.82) is 0 Å². The molecule has 0 bridgehead atoms. The molecule has 0 saturated carbocycles. The monoisotopic (exact) mass is 297 g/mol. The van der Waals surface area contributed by atoms with Gasteiger partial charge in [-0.1, -0.05) is 48.8 Å². The first-order valence-electron chi connectivity index (χ1n) is 5.82. The summed E-state index contributed by atoms with van der Waals surface area (Å²) in [7, 11) is 0. The van der Waals surface area contributed by atoms with Crippen molar-refractivity contribution in [1.82, 2.24) is 5.32 Å². The standard InChI is InChI=1S/C14H20BrNO/c1-10(9-15)16-13(17)11-5-7-12(8-6-11)14(2,3)4/h5-8,10H,9H2,1-4H3,(H,16,17). The Labute approximate surface area is 112 Å². The average Bonchev–Trinajstić information content (AvgIpc) is 2.27. The van der Waals surface area contributed by atoms with Gasteiger partial charge in [-0.25, -0.2) is 0 Å². The Morgan fingerprint density at radius 3 is 2.24 bits per heavy atom. The second-order valence-electron chi connectivity index (χ2n) is 5.36. The molecule has 1 amide bonds. The van der Waals surface area contributed by atoms with E-state index >= 15 is 0 Å². The van der Waals surface area contributed by atoms with Gasteiger partial charge in [-0.05, 0) is 30.0 Å². The lowest BCUT2D eigenvalue weighted by Gasteiger charge is -2.19. The predicted molar refractivity (Wildman–Crippen MR) is 75.9 cm³/mol. The van der Waals surface area contributed by atoms with Gasteiger partial charge in [0.05, 0.1) is 0 Å². The Balaban J connectivity index is 2.78. The molecule has 0 spiro atoms. The smallest absolute Gasteiger partial charge is 0.251 e. The molecule has 94 valence electrons. The molecule has 1 aromatic rings. The average molecular weight is 298 g/mol. The van der Waals surface area contributed by atoms with Crippen molar-refractivity contribution in [3.05, 3.63) is 35.4 Å². The third-order valence-electron chi connectivity index (χ3n) is 2.62. The number of hydrogen-bond donors (Lipinski definition) is 1. The highest BCUT2D eigenvalue weighted by Crippen LogP contribution is 2.22. The van der Waals surface area contributed by atoms with Crippen LogP contribution in [0.15, 0.2) is 24.3 Å². The minimum atomic E-state index is -0.0163. The van der Waals surface area contributed by atoms with Gasteiger partial charge < -0.3 is 5.32 Å². The summed E-state index contributed by atoms with van der Waals surface area (Å²) >= 11 is 3.34. The first kappa shape index (κ1) is 14.2. The van der Waals surface area contributed by atoms with Crippen LogP contribution in [0.4, 0.5) is 0 Å². The molecule has 0 saturated heterocycles. The van der Waals surface area contributed by atoms with Crippen LogP contribution < -0.4 is 5.32 Å². The van der Waals surface area contributed by atoms with Gasteiger partial charge in [0, 0.05) is 16.9 Å². The van der Waals surface area contributed by atoms with Crippen molar-refractivity contribution < 1.29 is 4.79 Å². The molecule has 0 aliphatic rings. The van der Waals surface area contributed by atoms with Crippen molar-refractivity contribution in [3.63, 3.8) is 0 Å². The molecule has 1 aromatic carbocycles. The second-order valence-corrected chi connectivity index (χ2v) is 6.00. The van der Waals surface area contributed by atoms with Crippen molar-refractivity contribution in [3.8, 4) is 0 Å². The van der Waals surface area contributed by atoms with Gasteiger partial charge in [-0.3, -0.25) is 4.79 Å². The lowest BCUT2D eigenvalue weighted by atomic mass is 9.87. The van der Waals surface area contributed by atoms with E-state index in [2.05, 4.69) is 42.0 Å².